The third-order valence-electron chi connectivity index (χ3n) is 4.79. The first-order valence-electron chi connectivity index (χ1n) is 8.67. The topological polar surface area (TPSA) is 42.0 Å². The lowest BCUT2D eigenvalue weighted by molar-refractivity contribution is 0.0939. The van der Waals surface area contributed by atoms with Crippen LogP contribution in [0.5, 0.6) is 0 Å². The first-order valence-corrected chi connectivity index (χ1v) is 8.67. The lowest BCUT2D eigenvalue weighted by atomic mass is 10.0. The van der Waals surface area contributed by atoms with Crippen molar-refractivity contribution in [3.8, 4) is 11.3 Å². The maximum Gasteiger partial charge on any atom is 0.252 e. The Morgan fingerprint density at radius 3 is 2.52 bits per heavy atom. The number of pyridine rings is 1. The highest BCUT2D eigenvalue weighted by Gasteiger charge is 2.20. The number of para-hydroxylation sites is 1. The molecule has 0 unspecified atom stereocenters. The van der Waals surface area contributed by atoms with Crippen molar-refractivity contribution in [1.29, 1.82) is 0 Å². The molecule has 1 amide bonds. The van der Waals surface area contributed by atoms with Crippen LogP contribution in [0, 0.1) is 5.82 Å². The van der Waals surface area contributed by atoms with Crippen molar-refractivity contribution >= 4 is 16.8 Å². The number of amides is 1. The Morgan fingerprint density at radius 1 is 1.04 bits per heavy atom. The molecular weight excluding hydrogens is 315 g/mol. The zero-order valence-electron chi connectivity index (χ0n) is 13.8. The standard InChI is InChI=1S/C21H19FN2O/c22-15-11-9-14(10-12-15)20-13-18(17-7-3-4-8-19(17)24-20)21(25)23-16-5-1-2-6-16/h3-4,7-13,16H,1-2,5-6H2,(H,23,25). The van der Waals surface area contributed by atoms with E-state index in [4.69, 9.17) is 0 Å². The summed E-state index contributed by atoms with van der Waals surface area (Å²) in [6.07, 6.45) is 4.42. The maximum atomic E-state index is 13.2. The van der Waals surface area contributed by atoms with Gasteiger partial charge in [0.1, 0.15) is 5.82 Å². The number of benzene rings is 2. The molecule has 1 aliphatic rings. The molecule has 1 aliphatic carbocycles. The second-order valence-corrected chi connectivity index (χ2v) is 6.53. The van der Waals surface area contributed by atoms with E-state index >= 15 is 0 Å². The van der Waals surface area contributed by atoms with Crippen molar-refractivity contribution in [3.63, 3.8) is 0 Å². The number of hydrogen-bond donors (Lipinski definition) is 1. The van der Waals surface area contributed by atoms with Crippen LogP contribution in [0.15, 0.2) is 54.6 Å². The van der Waals surface area contributed by atoms with Crippen molar-refractivity contribution < 1.29 is 9.18 Å². The van der Waals surface area contributed by atoms with Gasteiger partial charge in [0.05, 0.1) is 16.8 Å². The Morgan fingerprint density at radius 2 is 1.76 bits per heavy atom. The van der Waals surface area contributed by atoms with Crippen LogP contribution >= 0.6 is 0 Å². The van der Waals surface area contributed by atoms with Crippen LogP contribution in [-0.4, -0.2) is 16.9 Å². The second-order valence-electron chi connectivity index (χ2n) is 6.53. The molecule has 1 saturated carbocycles. The fourth-order valence-electron chi connectivity index (χ4n) is 3.47. The fraction of sp³-hybridized carbons (Fsp3) is 0.238. The van der Waals surface area contributed by atoms with E-state index < -0.39 is 0 Å². The van der Waals surface area contributed by atoms with Crippen LogP contribution in [-0.2, 0) is 0 Å². The predicted octanol–water partition coefficient (Wildman–Crippen LogP) is 4.71. The molecule has 0 saturated heterocycles. The van der Waals surface area contributed by atoms with E-state index in [-0.39, 0.29) is 17.8 Å². The summed E-state index contributed by atoms with van der Waals surface area (Å²) >= 11 is 0. The van der Waals surface area contributed by atoms with Gasteiger partial charge in [-0.3, -0.25) is 4.79 Å². The van der Waals surface area contributed by atoms with Crippen LogP contribution < -0.4 is 5.32 Å². The van der Waals surface area contributed by atoms with Gasteiger partial charge < -0.3 is 5.32 Å². The molecule has 4 heteroatoms. The molecule has 0 aliphatic heterocycles. The average molecular weight is 334 g/mol. The van der Waals surface area contributed by atoms with E-state index in [1.165, 1.54) is 25.0 Å². The van der Waals surface area contributed by atoms with Crippen LogP contribution in [0.1, 0.15) is 36.0 Å². The van der Waals surface area contributed by atoms with Gasteiger partial charge in [-0.15, -0.1) is 0 Å². The quantitative estimate of drug-likeness (QED) is 0.753. The van der Waals surface area contributed by atoms with Crippen LogP contribution in [0.25, 0.3) is 22.2 Å². The van der Waals surface area contributed by atoms with Gasteiger partial charge in [-0.1, -0.05) is 31.0 Å². The van der Waals surface area contributed by atoms with E-state index in [9.17, 15) is 9.18 Å². The molecule has 4 rings (SSSR count). The molecule has 1 fully saturated rings. The molecule has 0 spiro atoms. The summed E-state index contributed by atoms with van der Waals surface area (Å²) in [6.45, 7) is 0. The molecule has 0 atom stereocenters. The third kappa shape index (κ3) is 3.25. The number of hydrogen-bond acceptors (Lipinski definition) is 2. The van der Waals surface area contributed by atoms with Crippen molar-refractivity contribution in [2.24, 2.45) is 0 Å². The molecule has 1 heterocycles. The Hall–Kier alpha value is -2.75. The highest BCUT2D eigenvalue weighted by molar-refractivity contribution is 6.07. The SMILES string of the molecule is O=C(NC1CCCC1)c1cc(-c2ccc(F)cc2)nc2ccccc12. The molecule has 126 valence electrons. The van der Waals surface area contributed by atoms with Gasteiger partial charge in [-0.25, -0.2) is 9.37 Å². The zero-order valence-corrected chi connectivity index (χ0v) is 13.8. The van der Waals surface area contributed by atoms with Crippen molar-refractivity contribution in [3.05, 3.63) is 66.0 Å². The van der Waals surface area contributed by atoms with E-state index in [1.807, 2.05) is 24.3 Å². The minimum atomic E-state index is -0.288. The first kappa shape index (κ1) is 15.8. The summed E-state index contributed by atoms with van der Waals surface area (Å²) in [6, 6.07) is 15.9. The number of rotatable bonds is 3. The normalized spacial score (nSPS) is 14.8. The minimum absolute atomic E-state index is 0.0612. The lowest BCUT2D eigenvalue weighted by Crippen LogP contribution is -2.32. The fourth-order valence-corrected chi connectivity index (χ4v) is 3.47. The summed E-state index contributed by atoms with van der Waals surface area (Å²) in [7, 11) is 0. The van der Waals surface area contributed by atoms with E-state index in [0.717, 1.165) is 29.3 Å². The Kier molecular flexibility index (Phi) is 4.18. The van der Waals surface area contributed by atoms with E-state index in [0.29, 0.717) is 11.3 Å². The first-order chi connectivity index (χ1) is 12.2. The number of aromatic nitrogens is 1. The Labute approximate surface area is 145 Å². The number of nitrogens with one attached hydrogen (secondary N) is 1. The summed E-state index contributed by atoms with van der Waals surface area (Å²) in [5, 5.41) is 3.99. The highest BCUT2D eigenvalue weighted by Crippen LogP contribution is 2.26. The lowest BCUT2D eigenvalue weighted by Gasteiger charge is -2.14. The molecule has 1 N–H and O–H groups in total. The van der Waals surface area contributed by atoms with Crippen LogP contribution in [0.2, 0.25) is 0 Å². The molecular formula is C21H19FN2O. The average Bonchev–Trinajstić information content (AvgIpc) is 3.14. The molecule has 3 aromatic rings. The van der Waals surface area contributed by atoms with Gasteiger partial charge in [0.15, 0.2) is 0 Å². The van der Waals surface area contributed by atoms with Crippen LogP contribution in [0.4, 0.5) is 4.39 Å². The third-order valence-corrected chi connectivity index (χ3v) is 4.79. The molecule has 0 radical (unpaired) electrons. The second kappa shape index (κ2) is 6.63. The highest BCUT2D eigenvalue weighted by atomic mass is 19.1. The molecule has 2 aromatic carbocycles. The number of carbonyl (C=O) groups excluding carboxylic acids is 1. The van der Waals surface area contributed by atoms with Gasteiger partial charge >= 0.3 is 0 Å². The molecule has 25 heavy (non-hydrogen) atoms. The Balaban J connectivity index is 1.78. The van der Waals surface area contributed by atoms with Crippen molar-refractivity contribution in [1.82, 2.24) is 10.3 Å². The van der Waals surface area contributed by atoms with Gasteiger partial charge in [0.2, 0.25) is 0 Å². The summed E-state index contributed by atoms with van der Waals surface area (Å²) < 4.78 is 13.2. The van der Waals surface area contributed by atoms with Gasteiger partial charge in [0.25, 0.3) is 5.91 Å². The maximum absolute atomic E-state index is 13.2. The van der Waals surface area contributed by atoms with Crippen molar-refractivity contribution in [2.45, 2.75) is 31.7 Å². The zero-order chi connectivity index (χ0) is 17.2. The number of carbonyl (C=O) groups is 1. The summed E-state index contributed by atoms with van der Waals surface area (Å²) in [4.78, 5) is 17.5. The van der Waals surface area contributed by atoms with Gasteiger partial charge in [0, 0.05) is 17.0 Å². The summed E-state index contributed by atoms with van der Waals surface area (Å²) in [5.74, 6) is -0.349. The van der Waals surface area contributed by atoms with E-state index in [2.05, 4.69) is 10.3 Å². The number of nitrogens with zero attached hydrogens (tertiary/aromatic N) is 1. The van der Waals surface area contributed by atoms with Gasteiger partial charge in [-0.2, -0.15) is 0 Å². The summed E-state index contributed by atoms with van der Waals surface area (Å²) in [5.41, 5.74) is 2.86. The molecule has 0 bridgehead atoms. The predicted molar refractivity (Wildman–Crippen MR) is 96.9 cm³/mol. The Bertz CT molecular complexity index is 915. The van der Waals surface area contributed by atoms with E-state index in [1.54, 1.807) is 18.2 Å². The molecule has 1 aromatic heterocycles. The number of halogens is 1. The minimum Gasteiger partial charge on any atom is -0.349 e. The monoisotopic (exact) mass is 334 g/mol. The largest absolute Gasteiger partial charge is 0.349 e. The number of fused-ring (bicyclic) bond motifs is 1. The smallest absolute Gasteiger partial charge is 0.252 e. The van der Waals surface area contributed by atoms with Crippen molar-refractivity contribution in [2.75, 3.05) is 0 Å². The van der Waals surface area contributed by atoms with Crippen LogP contribution in [0.3, 0.4) is 0 Å². The van der Waals surface area contributed by atoms with Gasteiger partial charge in [-0.05, 0) is 49.2 Å². The molecule has 3 nitrogen and oxygen atoms in total.